The molecule has 0 saturated heterocycles. The summed E-state index contributed by atoms with van der Waals surface area (Å²) in [6, 6.07) is 0. The Balaban J connectivity index is 2.65. The fraction of sp³-hybridized carbons (Fsp3) is 0.400. The number of aromatic nitrogens is 2. The maximum atomic E-state index is 10.1. The quantitative estimate of drug-likeness (QED) is 0.704. The molecule has 0 radical (unpaired) electrons. The van der Waals surface area contributed by atoms with Crippen LogP contribution in [0.1, 0.15) is 11.9 Å². The van der Waals surface area contributed by atoms with Crippen LogP contribution in [0.15, 0.2) is 0 Å². The third-order valence-corrected chi connectivity index (χ3v) is 1.97. The van der Waals surface area contributed by atoms with Crippen molar-refractivity contribution in [2.45, 2.75) is 13.3 Å². The summed E-state index contributed by atoms with van der Waals surface area (Å²) in [6.45, 7) is 1.94. The first-order valence-corrected chi connectivity index (χ1v) is 3.86. The van der Waals surface area contributed by atoms with Gasteiger partial charge in [-0.15, -0.1) is 10.2 Å². The molecule has 0 bridgehead atoms. The van der Waals surface area contributed by atoms with Gasteiger partial charge in [-0.25, -0.2) is 4.79 Å². The van der Waals surface area contributed by atoms with Crippen LogP contribution in [0, 0.1) is 0 Å². The minimum atomic E-state index is -1.11. The molecule has 1 amide bonds. The number of rotatable bonds is 2. The highest BCUT2D eigenvalue weighted by atomic mass is 32.1. The molecule has 1 heterocycles. The van der Waals surface area contributed by atoms with Gasteiger partial charge in [0.25, 0.3) is 0 Å². The number of hydrogen-bond donors (Lipinski definition) is 2. The zero-order chi connectivity index (χ0) is 8.27. The molecule has 11 heavy (non-hydrogen) atoms. The van der Waals surface area contributed by atoms with E-state index >= 15 is 0 Å². The lowest BCUT2D eigenvalue weighted by Gasteiger charge is -1.88. The maximum absolute atomic E-state index is 10.1. The molecule has 60 valence electrons. The number of carboxylic acid groups (broad SMARTS) is 1. The van der Waals surface area contributed by atoms with E-state index in [1.165, 1.54) is 11.3 Å². The number of hydrogen-bond acceptors (Lipinski definition) is 4. The highest BCUT2D eigenvalue weighted by Crippen LogP contribution is 2.14. The second kappa shape index (κ2) is 3.29. The molecule has 0 aromatic carbocycles. The Labute approximate surface area is 67.1 Å². The molecule has 0 saturated carbocycles. The Kier molecular flexibility index (Phi) is 2.37. The molecule has 6 heteroatoms. The van der Waals surface area contributed by atoms with Crippen LogP contribution in [0.4, 0.5) is 9.93 Å². The molecule has 0 aliphatic carbocycles. The summed E-state index contributed by atoms with van der Waals surface area (Å²) in [5.74, 6) is 0. The molecule has 2 N–H and O–H groups in total. The summed E-state index contributed by atoms with van der Waals surface area (Å²) in [7, 11) is 0. The standard InChI is InChI=1S/C5H7N3O2S/c1-2-3-7-8-4(11-3)6-5(9)10/h2H2,1H3,(H,6,8)(H,9,10). The van der Waals surface area contributed by atoms with Crippen LogP contribution < -0.4 is 5.32 Å². The summed E-state index contributed by atoms with van der Waals surface area (Å²) in [5.41, 5.74) is 0. The van der Waals surface area contributed by atoms with Gasteiger partial charge in [0.05, 0.1) is 0 Å². The first-order valence-electron chi connectivity index (χ1n) is 3.04. The van der Waals surface area contributed by atoms with Crippen molar-refractivity contribution < 1.29 is 9.90 Å². The number of nitrogens with one attached hydrogen (secondary N) is 1. The van der Waals surface area contributed by atoms with Gasteiger partial charge >= 0.3 is 6.09 Å². The number of anilines is 1. The largest absolute Gasteiger partial charge is 0.465 e. The first kappa shape index (κ1) is 7.93. The van der Waals surface area contributed by atoms with Gasteiger partial charge in [0.2, 0.25) is 5.13 Å². The Hall–Kier alpha value is -1.17. The second-order valence-corrected chi connectivity index (χ2v) is 2.85. The predicted octanol–water partition coefficient (Wildman–Crippen LogP) is 1.19. The molecule has 0 atom stereocenters. The van der Waals surface area contributed by atoms with Crippen molar-refractivity contribution in [2.24, 2.45) is 0 Å². The minimum Gasteiger partial charge on any atom is -0.465 e. The van der Waals surface area contributed by atoms with Crippen LogP contribution in [0.3, 0.4) is 0 Å². The van der Waals surface area contributed by atoms with E-state index < -0.39 is 6.09 Å². The number of amides is 1. The summed E-state index contributed by atoms with van der Waals surface area (Å²) in [4.78, 5) is 10.1. The molecule has 0 aliphatic rings. The molecule has 1 aromatic heterocycles. The van der Waals surface area contributed by atoms with Crippen molar-refractivity contribution in [3.63, 3.8) is 0 Å². The Morgan fingerprint density at radius 1 is 1.73 bits per heavy atom. The fourth-order valence-electron chi connectivity index (χ4n) is 0.538. The summed E-state index contributed by atoms with van der Waals surface area (Å²) in [5, 5.41) is 18.9. The van der Waals surface area contributed by atoms with Crippen molar-refractivity contribution in [3.8, 4) is 0 Å². The topological polar surface area (TPSA) is 75.1 Å². The van der Waals surface area contributed by atoms with Crippen LogP contribution in [-0.4, -0.2) is 21.4 Å². The molecule has 5 nitrogen and oxygen atoms in total. The van der Waals surface area contributed by atoms with Crippen LogP contribution in [0.2, 0.25) is 0 Å². The molecule has 1 rings (SSSR count). The lowest BCUT2D eigenvalue weighted by Crippen LogP contribution is -2.06. The van der Waals surface area contributed by atoms with Crippen molar-refractivity contribution in [1.29, 1.82) is 0 Å². The van der Waals surface area contributed by atoms with E-state index in [4.69, 9.17) is 5.11 Å². The van der Waals surface area contributed by atoms with Crippen LogP contribution >= 0.6 is 11.3 Å². The molecule has 0 fully saturated rings. The van der Waals surface area contributed by atoms with Gasteiger partial charge in [0.1, 0.15) is 5.01 Å². The Morgan fingerprint density at radius 2 is 2.45 bits per heavy atom. The van der Waals surface area contributed by atoms with E-state index in [9.17, 15) is 4.79 Å². The third-order valence-electron chi connectivity index (χ3n) is 0.983. The van der Waals surface area contributed by atoms with E-state index in [1.54, 1.807) is 0 Å². The fourth-order valence-corrected chi connectivity index (χ4v) is 1.21. The lowest BCUT2D eigenvalue weighted by molar-refractivity contribution is 0.209. The Bertz CT molecular complexity index is 260. The van der Waals surface area contributed by atoms with E-state index in [-0.39, 0.29) is 0 Å². The Morgan fingerprint density at radius 3 is 2.91 bits per heavy atom. The highest BCUT2D eigenvalue weighted by Gasteiger charge is 2.03. The van der Waals surface area contributed by atoms with Crippen LogP contribution in [-0.2, 0) is 6.42 Å². The van der Waals surface area contributed by atoms with Crippen molar-refractivity contribution in [2.75, 3.05) is 5.32 Å². The average Bonchev–Trinajstić information content (AvgIpc) is 2.34. The molecular formula is C5H7N3O2S. The first-order chi connectivity index (χ1) is 5.22. The van der Waals surface area contributed by atoms with E-state index in [2.05, 4.69) is 15.5 Å². The third kappa shape index (κ3) is 2.15. The number of aryl methyl sites for hydroxylation is 1. The molecule has 0 aliphatic heterocycles. The maximum Gasteiger partial charge on any atom is 0.411 e. The molecule has 1 aromatic rings. The van der Waals surface area contributed by atoms with Crippen LogP contribution in [0.5, 0.6) is 0 Å². The van der Waals surface area contributed by atoms with Crippen molar-refractivity contribution in [3.05, 3.63) is 5.01 Å². The van der Waals surface area contributed by atoms with E-state index in [0.29, 0.717) is 5.13 Å². The number of nitrogens with zero attached hydrogens (tertiary/aromatic N) is 2. The summed E-state index contributed by atoms with van der Waals surface area (Å²) < 4.78 is 0. The zero-order valence-electron chi connectivity index (χ0n) is 5.87. The van der Waals surface area contributed by atoms with Gasteiger partial charge in [-0.1, -0.05) is 18.3 Å². The lowest BCUT2D eigenvalue weighted by atomic mass is 10.5. The normalized spacial score (nSPS) is 9.55. The minimum absolute atomic E-state index is 0.328. The average molecular weight is 173 g/mol. The smallest absolute Gasteiger partial charge is 0.411 e. The van der Waals surface area contributed by atoms with Gasteiger partial charge < -0.3 is 5.11 Å². The highest BCUT2D eigenvalue weighted by molar-refractivity contribution is 7.15. The second-order valence-electron chi connectivity index (χ2n) is 1.78. The van der Waals surface area contributed by atoms with Crippen molar-refractivity contribution in [1.82, 2.24) is 10.2 Å². The monoisotopic (exact) mass is 173 g/mol. The van der Waals surface area contributed by atoms with Crippen LogP contribution in [0.25, 0.3) is 0 Å². The van der Waals surface area contributed by atoms with Gasteiger partial charge in [0.15, 0.2) is 0 Å². The molecular weight excluding hydrogens is 166 g/mol. The molecule has 0 unspecified atom stereocenters. The summed E-state index contributed by atoms with van der Waals surface area (Å²) >= 11 is 1.25. The van der Waals surface area contributed by atoms with Gasteiger partial charge in [-0.3, -0.25) is 5.32 Å². The predicted molar refractivity (Wildman–Crippen MR) is 40.9 cm³/mol. The summed E-state index contributed by atoms with van der Waals surface area (Å²) in [6.07, 6.45) is -0.331. The SMILES string of the molecule is CCc1nnc(NC(=O)O)s1. The van der Waals surface area contributed by atoms with Gasteiger partial charge in [-0.05, 0) is 6.42 Å². The van der Waals surface area contributed by atoms with Gasteiger partial charge in [-0.2, -0.15) is 0 Å². The molecule has 0 spiro atoms. The van der Waals surface area contributed by atoms with E-state index in [1.807, 2.05) is 6.92 Å². The number of carbonyl (C=O) groups is 1. The van der Waals surface area contributed by atoms with Crippen molar-refractivity contribution >= 4 is 22.6 Å². The zero-order valence-corrected chi connectivity index (χ0v) is 6.68. The van der Waals surface area contributed by atoms with Gasteiger partial charge in [0, 0.05) is 0 Å². The van der Waals surface area contributed by atoms with E-state index in [0.717, 1.165) is 11.4 Å².